The number of aliphatic hydroxyl groups excluding tert-OH is 1. The number of para-hydroxylation sites is 1. The zero-order valence-corrected chi connectivity index (χ0v) is 11.7. The van der Waals surface area contributed by atoms with Gasteiger partial charge >= 0.3 is 0 Å². The molecule has 104 valence electrons. The van der Waals surface area contributed by atoms with Gasteiger partial charge in [0.2, 0.25) is 0 Å². The Morgan fingerprint density at radius 1 is 1.20 bits per heavy atom. The van der Waals surface area contributed by atoms with Crippen LogP contribution in [0.25, 0.3) is 0 Å². The Kier molecular flexibility index (Phi) is 3.36. The van der Waals surface area contributed by atoms with Crippen LogP contribution in [0.3, 0.4) is 0 Å². The number of fused-ring (bicyclic) bond motifs is 1. The molecule has 2 aromatic carbocycles. The second-order valence-electron chi connectivity index (χ2n) is 5.12. The van der Waals surface area contributed by atoms with E-state index >= 15 is 0 Å². The van der Waals surface area contributed by atoms with Crippen molar-refractivity contribution in [3.8, 4) is 11.5 Å². The molecule has 0 spiro atoms. The minimum atomic E-state index is -0.479. The number of hydrogen-bond donors (Lipinski definition) is 1. The summed E-state index contributed by atoms with van der Waals surface area (Å²) in [6.07, 6.45) is -0.0279. The highest BCUT2D eigenvalue weighted by Crippen LogP contribution is 2.41. The Morgan fingerprint density at radius 3 is 2.75 bits per heavy atom. The van der Waals surface area contributed by atoms with Crippen molar-refractivity contribution in [2.24, 2.45) is 0 Å². The van der Waals surface area contributed by atoms with Crippen LogP contribution in [0.2, 0.25) is 0 Å². The molecule has 1 N–H and O–H groups in total. The number of hydrogen-bond acceptors (Lipinski definition) is 3. The van der Waals surface area contributed by atoms with Crippen LogP contribution in [0.1, 0.15) is 35.3 Å². The van der Waals surface area contributed by atoms with Crippen LogP contribution in [-0.4, -0.2) is 12.2 Å². The highest BCUT2D eigenvalue weighted by molar-refractivity contribution is 5.41. The number of benzene rings is 2. The smallest absolute Gasteiger partial charge is 0.127 e. The van der Waals surface area contributed by atoms with Crippen molar-refractivity contribution in [1.29, 1.82) is 0 Å². The summed E-state index contributed by atoms with van der Waals surface area (Å²) in [5.41, 5.74) is 3.01. The largest absolute Gasteiger partial charge is 0.496 e. The molecule has 2 atom stereocenters. The maximum Gasteiger partial charge on any atom is 0.127 e. The first-order valence-electron chi connectivity index (χ1n) is 6.77. The molecule has 0 aliphatic carbocycles. The molecule has 0 radical (unpaired) electrons. The molecule has 1 aliphatic rings. The quantitative estimate of drug-likeness (QED) is 0.906. The second kappa shape index (κ2) is 5.17. The minimum Gasteiger partial charge on any atom is -0.496 e. The molecular formula is C17H18O3. The minimum absolute atomic E-state index is 0.121. The maximum absolute atomic E-state index is 10.3. The normalized spacial score (nSPS) is 20.9. The van der Waals surface area contributed by atoms with Gasteiger partial charge in [-0.25, -0.2) is 0 Å². The highest BCUT2D eigenvalue weighted by Gasteiger charge is 2.27. The van der Waals surface area contributed by atoms with Gasteiger partial charge in [0.1, 0.15) is 17.6 Å². The van der Waals surface area contributed by atoms with Gasteiger partial charge in [-0.3, -0.25) is 0 Å². The van der Waals surface area contributed by atoms with Crippen LogP contribution in [0.4, 0.5) is 0 Å². The van der Waals surface area contributed by atoms with Gasteiger partial charge in [0.15, 0.2) is 0 Å². The lowest BCUT2D eigenvalue weighted by molar-refractivity contribution is 0.0657. The van der Waals surface area contributed by atoms with Crippen LogP contribution >= 0.6 is 0 Å². The second-order valence-corrected chi connectivity index (χ2v) is 5.12. The first kappa shape index (κ1) is 13.0. The molecule has 20 heavy (non-hydrogen) atoms. The summed E-state index contributed by atoms with van der Waals surface area (Å²) in [6, 6.07) is 13.7. The molecular weight excluding hydrogens is 252 g/mol. The fraction of sp³-hybridized carbons (Fsp3) is 0.294. The summed E-state index contributed by atoms with van der Waals surface area (Å²) < 4.78 is 11.3. The van der Waals surface area contributed by atoms with Gasteiger partial charge in [-0.2, -0.15) is 0 Å². The number of ether oxygens (including phenoxy) is 2. The number of rotatable bonds is 2. The molecule has 3 heteroatoms. The molecule has 0 fully saturated rings. The van der Waals surface area contributed by atoms with Crippen molar-refractivity contribution in [3.05, 3.63) is 59.2 Å². The SMILES string of the molecule is COc1ccc(C2C[C@@H](O)c3ccccc3O2)cc1C. The monoisotopic (exact) mass is 270 g/mol. The van der Waals surface area contributed by atoms with Crippen molar-refractivity contribution in [1.82, 2.24) is 0 Å². The van der Waals surface area contributed by atoms with E-state index in [2.05, 4.69) is 6.07 Å². The van der Waals surface area contributed by atoms with E-state index < -0.39 is 6.10 Å². The predicted molar refractivity (Wildman–Crippen MR) is 77.1 cm³/mol. The Balaban J connectivity index is 1.91. The fourth-order valence-electron chi connectivity index (χ4n) is 2.70. The first-order chi connectivity index (χ1) is 9.69. The summed E-state index contributed by atoms with van der Waals surface area (Å²) in [5.74, 6) is 1.63. The average Bonchev–Trinajstić information content (AvgIpc) is 2.47. The molecule has 0 saturated carbocycles. The van der Waals surface area contributed by atoms with Gasteiger partial charge in [0.25, 0.3) is 0 Å². The number of aliphatic hydroxyl groups is 1. The first-order valence-corrected chi connectivity index (χ1v) is 6.77. The topological polar surface area (TPSA) is 38.7 Å². The van der Waals surface area contributed by atoms with E-state index in [4.69, 9.17) is 9.47 Å². The van der Waals surface area contributed by atoms with E-state index in [-0.39, 0.29) is 6.10 Å². The fourth-order valence-corrected chi connectivity index (χ4v) is 2.70. The zero-order chi connectivity index (χ0) is 14.1. The van der Waals surface area contributed by atoms with E-state index in [0.717, 1.165) is 28.2 Å². The third-order valence-electron chi connectivity index (χ3n) is 3.78. The van der Waals surface area contributed by atoms with Crippen molar-refractivity contribution in [2.45, 2.75) is 25.6 Å². The van der Waals surface area contributed by atoms with Gasteiger partial charge in [-0.15, -0.1) is 0 Å². The summed E-state index contributed by atoms with van der Waals surface area (Å²) >= 11 is 0. The lowest BCUT2D eigenvalue weighted by Gasteiger charge is -2.30. The highest BCUT2D eigenvalue weighted by atomic mass is 16.5. The van der Waals surface area contributed by atoms with Crippen molar-refractivity contribution < 1.29 is 14.6 Å². The van der Waals surface area contributed by atoms with Crippen LogP contribution in [0, 0.1) is 6.92 Å². The summed E-state index contributed by atoms with van der Waals surface area (Å²) in [6.45, 7) is 2.01. The average molecular weight is 270 g/mol. The van der Waals surface area contributed by atoms with E-state index in [9.17, 15) is 5.11 Å². The van der Waals surface area contributed by atoms with Gasteiger partial charge in [-0.05, 0) is 36.2 Å². The number of aryl methyl sites for hydroxylation is 1. The van der Waals surface area contributed by atoms with E-state index in [0.29, 0.717) is 6.42 Å². The summed E-state index contributed by atoms with van der Waals surface area (Å²) in [7, 11) is 1.67. The third kappa shape index (κ3) is 2.25. The van der Waals surface area contributed by atoms with Gasteiger partial charge in [0, 0.05) is 12.0 Å². The van der Waals surface area contributed by atoms with E-state index in [1.54, 1.807) is 7.11 Å². The van der Waals surface area contributed by atoms with Crippen molar-refractivity contribution in [2.75, 3.05) is 7.11 Å². The molecule has 0 bridgehead atoms. The molecule has 1 unspecified atom stereocenters. The van der Waals surface area contributed by atoms with Crippen LogP contribution < -0.4 is 9.47 Å². The zero-order valence-electron chi connectivity index (χ0n) is 11.7. The van der Waals surface area contributed by atoms with Crippen LogP contribution in [0.15, 0.2) is 42.5 Å². The van der Waals surface area contributed by atoms with E-state index in [1.807, 2.05) is 43.3 Å². The molecule has 0 amide bonds. The predicted octanol–water partition coefficient (Wildman–Crippen LogP) is 3.56. The maximum atomic E-state index is 10.3. The molecule has 2 aromatic rings. The molecule has 3 rings (SSSR count). The molecule has 1 aliphatic heterocycles. The van der Waals surface area contributed by atoms with Crippen LogP contribution in [-0.2, 0) is 0 Å². The summed E-state index contributed by atoms with van der Waals surface area (Å²) in [4.78, 5) is 0. The van der Waals surface area contributed by atoms with E-state index in [1.165, 1.54) is 0 Å². The standard InChI is InChI=1S/C17H18O3/c1-11-9-12(7-8-15(11)19-2)17-10-14(18)13-5-3-4-6-16(13)20-17/h3-9,14,17-18H,10H2,1-2H3/t14-,17?/m1/s1. The summed E-state index contributed by atoms with van der Waals surface area (Å²) in [5, 5.41) is 10.3. The Morgan fingerprint density at radius 2 is 2.00 bits per heavy atom. The lowest BCUT2D eigenvalue weighted by atomic mass is 9.94. The third-order valence-corrected chi connectivity index (χ3v) is 3.78. The Hall–Kier alpha value is -2.00. The molecule has 3 nitrogen and oxygen atoms in total. The lowest BCUT2D eigenvalue weighted by Crippen LogP contribution is -2.19. The molecule has 1 heterocycles. The van der Waals surface area contributed by atoms with Gasteiger partial charge in [0.05, 0.1) is 13.2 Å². The Labute approximate surface area is 118 Å². The van der Waals surface area contributed by atoms with Gasteiger partial charge < -0.3 is 14.6 Å². The Bertz CT molecular complexity index is 621. The van der Waals surface area contributed by atoms with Crippen molar-refractivity contribution >= 4 is 0 Å². The molecule has 0 saturated heterocycles. The van der Waals surface area contributed by atoms with Crippen LogP contribution in [0.5, 0.6) is 11.5 Å². The number of methoxy groups -OCH3 is 1. The van der Waals surface area contributed by atoms with Gasteiger partial charge in [-0.1, -0.05) is 24.3 Å². The molecule has 0 aromatic heterocycles. The van der Waals surface area contributed by atoms with Crippen molar-refractivity contribution in [3.63, 3.8) is 0 Å².